The minimum atomic E-state index is -3.37. The summed E-state index contributed by atoms with van der Waals surface area (Å²) in [4.78, 5) is 2.40. The summed E-state index contributed by atoms with van der Waals surface area (Å²) in [6.45, 7) is 3.72. The molecule has 0 bridgehead atoms. The Labute approximate surface area is 138 Å². The van der Waals surface area contributed by atoms with Crippen LogP contribution in [0.4, 0.5) is 0 Å². The molecule has 1 fully saturated rings. The monoisotopic (exact) mass is 342 g/mol. The molecule has 0 aromatic heterocycles. The lowest BCUT2D eigenvalue weighted by molar-refractivity contribution is 0.227. The number of likely N-dealkylation sites (tertiary alicyclic amines) is 1. The third-order valence-corrected chi connectivity index (χ3v) is 5.07. The standard InChI is InChI=1S/C16H23ClN2O2S/c17-16-7-5-15(6-8-16)9-14-22(20,21)18-10-4-13-19-11-2-1-3-12-19/h5-9,14,18H,1-4,10-13H2/b14-9+. The van der Waals surface area contributed by atoms with Crippen LogP contribution in [-0.4, -0.2) is 39.5 Å². The Morgan fingerprint density at radius 1 is 1.14 bits per heavy atom. The first-order valence-electron chi connectivity index (χ1n) is 7.71. The summed E-state index contributed by atoms with van der Waals surface area (Å²) >= 11 is 5.79. The average Bonchev–Trinajstić information content (AvgIpc) is 2.52. The Morgan fingerprint density at radius 3 is 2.50 bits per heavy atom. The molecule has 4 nitrogen and oxygen atoms in total. The molecule has 0 spiro atoms. The fourth-order valence-corrected chi connectivity index (χ4v) is 3.48. The normalized spacial score (nSPS) is 17.1. The lowest BCUT2D eigenvalue weighted by atomic mass is 10.1. The maximum atomic E-state index is 11.9. The maximum Gasteiger partial charge on any atom is 0.233 e. The smallest absolute Gasteiger partial charge is 0.233 e. The van der Waals surface area contributed by atoms with Crippen molar-refractivity contribution in [2.24, 2.45) is 0 Å². The van der Waals surface area contributed by atoms with Crippen LogP contribution in [0.2, 0.25) is 5.02 Å². The molecule has 0 atom stereocenters. The van der Waals surface area contributed by atoms with Gasteiger partial charge in [-0.3, -0.25) is 0 Å². The van der Waals surface area contributed by atoms with Gasteiger partial charge in [0.15, 0.2) is 0 Å². The van der Waals surface area contributed by atoms with Crippen molar-refractivity contribution in [3.8, 4) is 0 Å². The van der Waals surface area contributed by atoms with Gasteiger partial charge in [0.2, 0.25) is 10.0 Å². The second-order valence-electron chi connectivity index (χ2n) is 5.55. The number of hydrogen-bond donors (Lipinski definition) is 1. The molecule has 1 N–H and O–H groups in total. The molecule has 1 heterocycles. The fraction of sp³-hybridized carbons (Fsp3) is 0.500. The second kappa shape index (κ2) is 8.67. The number of benzene rings is 1. The van der Waals surface area contributed by atoms with Crippen molar-refractivity contribution in [3.05, 3.63) is 40.3 Å². The molecule has 122 valence electrons. The van der Waals surface area contributed by atoms with Crippen LogP contribution in [0.1, 0.15) is 31.2 Å². The predicted octanol–water partition coefficient (Wildman–Crippen LogP) is 3.11. The van der Waals surface area contributed by atoms with Gasteiger partial charge in [0.25, 0.3) is 0 Å². The van der Waals surface area contributed by atoms with Crippen molar-refractivity contribution in [1.82, 2.24) is 9.62 Å². The van der Waals surface area contributed by atoms with Gasteiger partial charge >= 0.3 is 0 Å². The van der Waals surface area contributed by atoms with Crippen molar-refractivity contribution in [2.45, 2.75) is 25.7 Å². The van der Waals surface area contributed by atoms with Crippen molar-refractivity contribution < 1.29 is 8.42 Å². The van der Waals surface area contributed by atoms with Crippen molar-refractivity contribution >= 4 is 27.7 Å². The van der Waals surface area contributed by atoms with E-state index in [2.05, 4.69) is 9.62 Å². The van der Waals surface area contributed by atoms with Crippen LogP contribution in [0, 0.1) is 0 Å². The van der Waals surface area contributed by atoms with E-state index >= 15 is 0 Å². The van der Waals surface area contributed by atoms with Crippen molar-refractivity contribution in [2.75, 3.05) is 26.2 Å². The van der Waals surface area contributed by atoms with Crippen LogP contribution in [0.5, 0.6) is 0 Å². The molecular weight excluding hydrogens is 320 g/mol. The number of halogens is 1. The summed E-state index contributed by atoms with van der Waals surface area (Å²) in [5.74, 6) is 0. The van der Waals surface area contributed by atoms with Crippen LogP contribution in [-0.2, 0) is 10.0 Å². The van der Waals surface area contributed by atoms with Gasteiger partial charge in [-0.1, -0.05) is 30.2 Å². The highest BCUT2D eigenvalue weighted by atomic mass is 35.5. The molecule has 1 aliphatic heterocycles. The summed E-state index contributed by atoms with van der Waals surface area (Å²) in [6, 6.07) is 7.04. The fourth-order valence-electron chi connectivity index (χ4n) is 2.49. The van der Waals surface area contributed by atoms with E-state index in [1.807, 2.05) is 0 Å². The summed E-state index contributed by atoms with van der Waals surface area (Å²) < 4.78 is 26.4. The SMILES string of the molecule is O=S(=O)(/C=C/c1ccc(Cl)cc1)NCCCN1CCCCC1. The van der Waals surface area contributed by atoms with Crippen molar-refractivity contribution in [3.63, 3.8) is 0 Å². The molecule has 2 rings (SSSR count). The lowest BCUT2D eigenvalue weighted by Gasteiger charge is -2.26. The molecule has 1 aliphatic rings. The van der Waals surface area contributed by atoms with Gasteiger partial charge in [-0.2, -0.15) is 0 Å². The van der Waals surface area contributed by atoms with Crippen LogP contribution in [0.3, 0.4) is 0 Å². The third kappa shape index (κ3) is 6.48. The zero-order valence-corrected chi connectivity index (χ0v) is 14.2. The predicted molar refractivity (Wildman–Crippen MR) is 92.3 cm³/mol. The van der Waals surface area contributed by atoms with E-state index in [1.165, 1.54) is 24.7 Å². The number of rotatable bonds is 7. The number of hydrogen-bond acceptors (Lipinski definition) is 3. The van der Waals surface area contributed by atoms with Crippen molar-refractivity contribution in [1.29, 1.82) is 0 Å². The van der Waals surface area contributed by atoms with Gasteiger partial charge in [-0.25, -0.2) is 13.1 Å². The van der Waals surface area contributed by atoms with Crippen LogP contribution < -0.4 is 4.72 Å². The van der Waals surface area contributed by atoms with Gasteiger partial charge < -0.3 is 4.90 Å². The van der Waals surface area contributed by atoms with Crippen LogP contribution >= 0.6 is 11.6 Å². The number of nitrogens with zero attached hydrogens (tertiary/aromatic N) is 1. The quantitative estimate of drug-likeness (QED) is 0.774. The molecule has 1 aromatic rings. The minimum absolute atomic E-state index is 0.476. The highest BCUT2D eigenvalue weighted by Gasteiger charge is 2.10. The molecule has 0 radical (unpaired) electrons. The zero-order chi connectivity index (χ0) is 15.8. The Morgan fingerprint density at radius 2 is 1.82 bits per heavy atom. The van der Waals surface area contributed by atoms with E-state index in [1.54, 1.807) is 30.3 Å². The second-order valence-corrected chi connectivity index (χ2v) is 7.64. The summed E-state index contributed by atoms with van der Waals surface area (Å²) in [5.41, 5.74) is 0.808. The van der Waals surface area contributed by atoms with Crippen LogP contribution in [0.25, 0.3) is 6.08 Å². The van der Waals surface area contributed by atoms with E-state index in [0.717, 1.165) is 31.6 Å². The van der Waals surface area contributed by atoms with Gasteiger partial charge in [-0.05, 0) is 62.7 Å². The largest absolute Gasteiger partial charge is 0.303 e. The Balaban J connectivity index is 1.72. The summed E-state index contributed by atoms with van der Waals surface area (Å²) in [6.07, 6.45) is 6.25. The van der Waals surface area contributed by atoms with Gasteiger partial charge in [-0.15, -0.1) is 0 Å². The Hall–Kier alpha value is -0.880. The first-order chi connectivity index (χ1) is 10.6. The number of nitrogens with one attached hydrogen (secondary N) is 1. The molecule has 1 saturated heterocycles. The van der Waals surface area contributed by atoms with Crippen LogP contribution in [0.15, 0.2) is 29.7 Å². The first kappa shape index (κ1) is 17.5. The molecule has 0 saturated carbocycles. The summed E-state index contributed by atoms with van der Waals surface area (Å²) in [5, 5.41) is 1.84. The number of piperidine rings is 1. The highest BCUT2D eigenvalue weighted by Crippen LogP contribution is 2.11. The first-order valence-corrected chi connectivity index (χ1v) is 9.63. The van der Waals surface area contributed by atoms with Gasteiger partial charge in [0.05, 0.1) is 0 Å². The number of sulfonamides is 1. The Kier molecular flexibility index (Phi) is 6.89. The molecule has 6 heteroatoms. The topological polar surface area (TPSA) is 49.4 Å². The van der Waals surface area contributed by atoms with E-state index < -0.39 is 10.0 Å². The lowest BCUT2D eigenvalue weighted by Crippen LogP contribution is -2.33. The minimum Gasteiger partial charge on any atom is -0.303 e. The molecular formula is C16H23ClN2O2S. The molecule has 0 aliphatic carbocycles. The van der Waals surface area contributed by atoms with E-state index in [0.29, 0.717) is 11.6 Å². The van der Waals surface area contributed by atoms with E-state index in [4.69, 9.17) is 11.6 Å². The molecule has 1 aromatic carbocycles. The van der Waals surface area contributed by atoms with E-state index in [9.17, 15) is 8.42 Å². The molecule has 0 amide bonds. The average molecular weight is 343 g/mol. The Bertz CT molecular complexity index is 579. The van der Waals surface area contributed by atoms with Gasteiger partial charge in [0.1, 0.15) is 0 Å². The molecule has 22 heavy (non-hydrogen) atoms. The third-order valence-electron chi connectivity index (χ3n) is 3.71. The maximum absolute atomic E-state index is 11.9. The zero-order valence-electron chi connectivity index (χ0n) is 12.7. The molecule has 0 unspecified atom stereocenters. The highest BCUT2D eigenvalue weighted by molar-refractivity contribution is 7.92. The summed E-state index contributed by atoms with van der Waals surface area (Å²) in [7, 11) is -3.37. The van der Waals surface area contributed by atoms with Gasteiger partial charge in [0, 0.05) is 17.0 Å². The van der Waals surface area contributed by atoms with E-state index in [-0.39, 0.29) is 0 Å².